The standard InChI is InChI=1S/C11H9IO3/c1-5-3-7(13)9-8(4-5)15-6(2)10(12)11(9)14/h3-4,13H,1-2H3. The number of hydrogen-bond acceptors (Lipinski definition) is 3. The molecule has 15 heavy (non-hydrogen) atoms. The van der Waals surface area contributed by atoms with Gasteiger partial charge in [0.05, 0.1) is 3.57 Å². The molecule has 0 spiro atoms. The topological polar surface area (TPSA) is 50.4 Å². The zero-order valence-electron chi connectivity index (χ0n) is 8.30. The normalized spacial score (nSPS) is 10.9. The van der Waals surface area contributed by atoms with Gasteiger partial charge in [-0.05, 0) is 54.1 Å². The molecule has 1 aromatic carbocycles. The summed E-state index contributed by atoms with van der Waals surface area (Å²) < 4.78 is 5.98. The monoisotopic (exact) mass is 316 g/mol. The van der Waals surface area contributed by atoms with E-state index in [0.717, 1.165) is 5.56 Å². The van der Waals surface area contributed by atoms with E-state index in [2.05, 4.69) is 0 Å². The molecule has 3 nitrogen and oxygen atoms in total. The number of aromatic hydroxyl groups is 1. The van der Waals surface area contributed by atoms with Crippen LogP contribution in [0.2, 0.25) is 0 Å². The third-order valence-corrected chi connectivity index (χ3v) is 3.47. The minimum atomic E-state index is -0.174. The van der Waals surface area contributed by atoms with Gasteiger partial charge in [-0.2, -0.15) is 0 Å². The summed E-state index contributed by atoms with van der Waals surface area (Å²) in [6, 6.07) is 3.31. The largest absolute Gasteiger partial charge is 0.507 e. The van der Waals surface area contributed by atoms with E-state index in [-0.39, 0.29) is 16.6 Å². The fourth-order valence-electron chi connectivity index (χ4n) is 1.52. The van der Waals surface area contributed by atoms with Crippen LogP contribution in [0.5, 0.6) is 5.75 Å². The lowest BCUT2D eigenvalue weighted by atomic mass is 10.1. The highest BCUT2D eigenvalue weighted by atomic mass is 127. The molecule has 0 atom stereocenters. The SMILES string of the molecule is Cc1cc(O)c2c(=O)c(I)c(C)oc2c1. The molecule has 0 aliphatic rings. The molecule has 2 rings (SSSR count). The molecule has 0 unspecified atom stereocenters. The van der Waals surface area contributed by atoms with Crippen molar-refractivity contribution in [1.82, 2.24) is 0 Å². The second kappa shape index (κ2) is 3.52. The van der Waals surface area contributed by atoms with Crippen molar-refractivity contribution in [2.75, 3.05) is 0 Å². The fourth-order valence-corrected chi connectivity index (χ4v) is 1.90. The van der Waals surface area contributed by atoms with Gasteiger partial charge < -0.3 is 9.52 Å². The van der Waals surface area contributed by atoms with Crippen molar-refractivity contribution in [2.45, 2.75) is 13.8 Å². The molecule has 0 aliphatic carbocycles. The first-order chi connectivity index (χ1) is 7.00. The number of rotatable bonds is 0. The summed E-state index contributed by atoms with van der Waals surface area (Å²) in [4.78, 5) is 11.9. The lowest BCUT2D eigenvalue weighted by Gasteiger charge is -2.04. The molecule has 2 aromatic rings. The van der Waals surface area contributed by atoms with Gasteiger partial charge in [0.25, 0.3) is 0 Å². The number of aryl methyl sites for hydroxylation is 2. The molecule has 4 heteroatoms. The van der Waals surface area contributed by atoms with Gasteiger partial charge in [0, 0.05) is 0 Å². The molecule has 1 heterocycles. The molecular formula is C11H9IO3. The predicted molar refractivity (Wildman–Crippen MR) is 66.3 cm³/mol. The molecule has 78 valence electrons. The van der Waals surface area contributed by atoms with Gasteiger partial charge in [0.15, 0.2) is 0 Å². The van der Waals surface area contributed by atoms with Crippen molar-refractivity contribution in [1.29, 1.82) is 0 Å². The van der Waals surface area contributed by atoms with Crippen LogP contribution < -0.4 is 5.43 Å². The van der Waals surface area contributed by atoms with Crippen LogP contribution in [0.3, 0.4) is 0 Å². The Morgan fingerprint density at radius 3 is 2.67 bits per heavy atom. The fraction of sp³-hybridized carbons (Fsp3) is 0.182. The van der Waals surface area contributed by atoms with E-state index in [1.165, 1.54) is 0 Å². The summed E-state index contributed by atoms with van der Waals surface area (Å²) in [5.41, 5.74) is 1.13. The Hall–Kier alpha value is -1.04. The summed E-state index contributed by atoms with van der Waals surface area (Å²) >= 11 is 1.92. The Balaban J connectivity index is 3.06. The van der Waals surface area contributed by atoms with E-state index in [1.807, 2.05) is 29.5 Å². The average molecular weight is 316 g/mol. The summed E-state index contributed by atoms with van der Waals surface area (Å²) in [6.07, 6.45) is 0. The number of halogens is 1. The summed E-state index contributed by atoms with van der Waals surface area (Å²) in [5.74, 6) is 0.565. The van der Waals surface area contributed by atoms with Gasteiger partial charge in [-0.3, -0.25) is 4.79 Å². The van der Waals surface area contributed by atoms with E-state index in [0.29, 0.717) is 14.9 Å². The first-order valence-corrected chi connectivity index (χ1v) is 5.51. The number of benzene rings is 1. The van der Waals surface area contributed by atoms with Crippen LogP contribution in [0.25, 0.3) is 11.0 Å². The summed E-state index contributed by atoms with van der Waals surface area (Å²) in [6.45, 7) is 3.58. The van der Waals surface area contributed by atoms with Crippen LogP contribution in [-0.4, -0.2) is 5.11 Å². The molecule has 0 radical (unpaired) electrons. The Kier molecular flexibility index (Phi) is 2.46. The Bertz CT molecular complexity index is 599. The Morgan fingerprint density at radius 2 is 2.00 bits per heavy atom. The third-order valence-electron chi connectivity index (χ3n) is 2.22. The van der Waals surface area contributed by atoms with Gasteiger partial charge >= 0.3 is 0 Å². The van der Waals surface area contributed by atoms with Crippen LogP contribution in [-0.2, 0) is 0 Å². The third kappa shape index (κ3) is 1.62. The minimum Gasteiger partial charge on any atom is -0.507 e. The zero-order valence-corrected chi connectivity index (χ0v) is 10.5. The van der Waals surface area contributed by atoms with Crippen molar-refractivity contribution in [2.24, 2.45) is 0 Å². The first kappa shape index (κ1) is 10.5. The molecule has 0 aliphatic heterocycles. The van der Waals surface area contributed by atoms with Crippen LogP contribution in [0.4, 0.5) is 0 Å². The molecule has 0 saturated carbocycles. The number of fused-ring (bicyclic) bond motifs is 1. The smallest absolute Gasteiger partial charge is 0.210 e. The highest BCUT2D eigenvalue weighted by molar-refractivity contribution is 14.1. The molecule has 0 bridgehead atoms. The summed E-state index contributed by atoms with van der Waals surface area (Å²) in [7, 11) is 0. The van der Waals surface area contributed by atoms with E-state index in [4.69, 9.17) is 4.42 Å². The van der Waals surface area contributed by atoms with Crippen molar-refractivity contribution in [3.8, 4) is 5.75 Å². The predicted octanol–water partition coefficient (Wildman–Crippen LogP) is 2.72. The highest BCUT2D eigenvalue weighted by Crippen LogP contribution is 2.25. The van der Waals surface area contributed by atoms with Crippen molar-refractivity contribution in [3.63, 3.8) is 0 Å². The first-order valence-electron chi connectivity index (χ1n) is 4.43. The number of hydrogen-bond donors (Lipinski definition) is 1. The van der Waals surface area contributed by atoms with Gasteiger partial charge in [-0.25, -0.2) is 0 Å². The van der Waals surface area contributed by atoms with Crippen molar-refractivity contribution < 1.29 is 9.52 Å². The van der Waals surface area contributed by atoms with Crippen molar-refractivity contribution >= 4 is 33.6 Å². The molecule has 0 saturated heterocycles. The van der Waals surface area contributed by atoms with Gasteiger partial charge in [0.2, 0.25) is 5.43 Å². The lowest BCUT2D eigenvalue weighted by Crippen LogP contribution is -2.07. The lowest BCUT2D eigenvalue weighted by molar-refractivity contribution is 0.478. The second-order valence-corrected chi connectivity index (χ2v) is 4.54. The van der Waals surface area contributed by atoms with Crippen LogP contribution in [0.15, 0.2) is 21.3 Å². The van der Waals surface area contributed by atoms with E-state index >= 15 is 0 Å². The Labute approximate surface area is 99.9 Å². The maximum atomic E-state index is 11.9. The highest BCUT2D eigenvalue weighted by Gasteiger charge is 2.12. The molecule has 0 fully saturated rings. The van der Waals surface area contributed by atoms with Gasteiger partial charge in [-0.15, -0.1) is 0 Å². The van der Waals surface area contributed by atoms with E-state index < -0.39 is 0 Å². The quantitative estimate of drug-likeness (QED) is 0.760. The number of phenolic OH excluding ortho intramolecular Hbond substituents is 1. The molecule has 1 N–H and O–H groups in total. The minimum absolute atomic E-state index is 0.0170. The average Bonchev–Trinajstić information content (AvgIpc) is 2.13. The molecule has 0 amide bonds. The maximum absolute atomic E-state index is 11.9. The van der Waals surface area contributed by atoms with Crippen molar-refractivity contribution in [3.05, 3.63) is 37.2 Å². The molecular weight excluding hydrogens is 307 g/mol. The molecule has 1 aromatic heterocycles. The summed E-state index contributed by atoms with van der Waals surface area (Å²) in [5, 5.41) is 9.94. The van der Waals surface area contributed by atoms with E-state index in [1.54, 1.807) is 19.1 Å². The van der Waals surface area contributed by atoms with Crippen LogP contribution in [0, 0.1) is 17.4 Å². The zero-order chi connectivity index (χ0) is 11.2. The van der Waals surface area contributed by atoms with Crippen LogP contribution >= 0.6 is 22.6 Å². The van der Waals surface area contributed by atoms with Gasteiger partial charge in [-0.1, -0.05) is 0 Å². The Morgan fingerprint density at radius 1 is 1.33 bits per heavy atom. The number of phenols is 1. The van der Waals surface area contributed by atoms with E-state index in [9.17, 15) is 9.90 Å². The van der Waals surface area contributed by atoms with Crippen LogP contribution in [0.1, 0.15) is 11.3 Å². The maximum Gasteiger partial charge on any atom is 0.210 e. The second-order valence-electron chi connectivity index (χ2n) is 3.46. The van der Waals surface area contributed by atoms with Gasteiger partial charge in [0.1, 0.15) is 22.5 Å².